The fraction of sp³-hybridized carbons (Fsp3) is 0.500. The maximum atomic E-state index is 6.24. The van der Waals surface area contributed by atoms with E-state index >= 15 is 0 Å². The number of para-hydroxylation sites is 1. The first-order chi connectivity index (χ1) is 9.20. The quantitative estimate of drug-likeness (QED) is 0.847. The molecule has 0 radical (unpaired) electrons. The highest BCUT2D eigenvalue weighted by Gasteiger charge is 2.22. The topological polar surface area (TPSA) is 24.0 Å². The molecular formula is C14H18ClN3S. The van der Waals surface area contributed by atoms with Crippen molar-refractivity contribution in [1.29, 1.82) is 0 Å². The van der Waals surface area contributed by atoms with E-state index in [1.54, 1.807) is 0 Å². The smallest absolute Gasteiger partial charge is 0.178 e. The third-order valence-corrected chi connectivity index (χ3v) is 4.61. The second-order valence-corrected chi connectivity index (χ2v) is 5.92. The van der Waals surface area contributed by atoms with Gasteiger partial charge in [0, 0.05) is 12.6 Å². The van der Waals surface area contributed by atoms with Crippen LogP contribution in [0, 0.1) is 4.77 Å². The number of imidazole rings is 1. The molecule has 1 aliphatic rings. The molecule has 0 saturated carbocycles. The number of aromatic nitrogens is 2. The number of benzene rings is 1. The van der Waals surface area contributed by atoms with Crippen molar-refractivity contribution >= 4 is 34.9 Å². The molecule has 1 fully saturated rings. The minimum absolute atomic E-state index is 0.452. The van der Waals surface area contributed by atoms with Crippen LogP contribution in [0.5, 0.6) is 0 Å². The van der Waals surface area contributed by atoms with E-state index in [9.17, 15) is 0 Å². The van der Waals surface area contributed by atoms with Gasteiger partial charge in [-0.25, -0.2) is 0 Å². The van der Waals surface area contributed by atoms with Gasteiger partial charge in [-0.3, -0.25) is 0 Å². The molecule has 2 aromatic rings. The lowest BCUT2D eigenvalue weighted by Crippen LogP contribution is -2.36. The Bertz CT molecular complexity index is 646. The van der Waals surface area contributed by atoms with Crippen LogP contribution in [0.3, 0.4) is 0 Å². The molecule has 1 aromatic carbocycles. The van der Waals surface area contributed by atoms with Gasteiger partial charge in [-0.1, -0.05) is 24.6 Å². The minimum Gasteiger partial charge on any atom is -0.329 e. The van der Waals surface area contributed by atoms with E-state index in [-0.39, 0.29) is 0 Å². The highest BCUT2D eigenvalue weighted by molar-refractivity contribution is 7.71. The number of piperidine rings is 1. The molecule has 1 aliphatic heterocycles. The van der Waals surface area contributed by atoms with Crippen LogP contribution in [0.15, 0.2) is 18.2 Å². The number of rotatable bonds is 2. The van der Waals surface area contributed by atoms with Crippen molar-refractivity contribution in [2.24, 2.45) is 0 Å². The number of likely N-dealkylation sites (tertiary alicyclic amines) is 1. The highest BCUT2D eigenvalue weighted by Crippen LogP contribution is 2.29. The van der Waals surface area contributed by atoms with Gasteiger partial charge in [-0.05, 0) is 50.3 Å². The molecule has 1 N–H and O–H groups in total. The summed E-state index contributed by atoms with van der Waals surface area (Å²) in [6, 6.07) is 6.44. The van der Waals surface area contributed by atoms with Crippen molar-refractivity contribution < 1.29 is 0 Å². The van der Waals surface area contributed by atoms with Gasteiger partial charge in [0.2, 0.25) is 0 Å². The van der Waals surface area contributed by atoms with Crippen molar-refractivity contribution in [3.8, 4) is 0 Å². The predicted octanol–water partition coefficient (Wildman–Crippen LogP) is 4.01. The first-order valence-electron chi connectivity index (χ1n) is 6.81. The van der Waals surface area contributed by atoms with Gasteiger partial charge in [-0.15, -0.1) is 0 Å². The molecule has 3 rings (SSSR count). The number of nitrogens with zero attached hydrogens (tertiary/aromatic N) is 2. The lowest BCUT2D eigenvalue weighted by Gasteiger charge is -2.32. The average molecular weight is 296 g/mol. The molecule has 0 amide bonds. The summed E-state index contributed by atoms with van der Waals surface area (Å²) in [5.41, 5.74) is 2.09. The SMILES string of the molecule is CCN1CCCC(n2c(=S)[nH]c3c(Cl)cccc32)C1. The van der Waals surface area contributed by atoms with Crippen LogP contribution < -0.4 is 0 Å². The Morgan fingerprint density at radius 3 is 3.11 bits per heavy atom. The van der Waals surface area contributed by atoms with Crippen molar-refractivity contribution in [1.82, 2.24) is 14.5 Å². The van der Waals surface area contributed by atoms with Crippen molar-refractivity contribution in [2.75, 3.05) is 19.6 Å². The molecular weight excluding hydrogens is 278 g/mol. The number of nitrogens with one attached hydrogen (secondary N) is 1. The van der Waals surface area contributed by atoms with E-state index in [2.05, 4.69) is 27.4 Å². The number of H-pyrrole nitrogens is 1. The first kappa shape index (κ1) is 13.2. The first-order valence-corrected chi connectivity index (χ1v) is 7.60. The van der Waals surface area contributed by atoms with E-state index in [0.717, 1.165) is 33.9 Å². The molecule has 1 unspecified atom stereocenters. The fourth-order valence-corrected chi connectivity index (χ4v) is 3.57. The Labute approximate surface area is 123 Å². The molecule has 5 heteroatoms. The summed E-state index contributed by atoms with van der Waals surface area (Å²) in [4.78, 5) is 5.74. The number of aromatic amines is 1. The highest BCUT2D eigenvalue weighted by atomic mass is 35.5. The predicted molar refractivity (Wildman–Crippen MR) is 82.5 cm³/mol. The van der Waals surface area contributed by atoms with Gasteiger partial charge < -0.3 is 14.5 Å². The monoisotopic (exact) mass is 295 g/mol. The van der Waals surface area contributed by atoms with Gasteiger partial charge in [0.25, 0.3) is 0 Å². The van der Waals surface area contributed by atoms with Gasteiger partial charge in [0.1, 0.15) is 0 Å². The van der Waals surface area contributed by atoms with E-state index in [0.29, 0.717) is 6.04 Å². The van der Waals surface area contributed by atoms with E-state index in [4.69, 9.17) is 23.8 Å². The van der Waals surface area contributed by atoms with Crippen molar-refractivity contribution in [3.05, 3.63) is 28.0 Å². The summed E-state index contributed by atoms with van der Waals surface area (Å²) in [7, 11) is 0. The summed E-state index contributed by atoms with van der Waals surface area (Å²) in [5, 5.41) is 0.741. The molecule has 2 heterocycles. The summed E-state index contributed by atoms with van der Waals surface area (Å²) in [5.74, 6) is 0. The van der Waals surface area contributed by atoms with Crippen LogP contribution in [0.25, 0.3) is 11.0 Å². The molecule has 102 valence electrons. The Kier molecular flexibility index (Phi) is 3.65. The number of hydrogen-bond donors (Lipinski definition) is 1. The minimum atomic E-state index is 0.452. The molecule has 1 atom stereocenters. The van der Waals surface area contributed by atoms with Crippen LogP contribution in [-0.2, 0) is 0 Å². The molecule has 3 nitrogen and oxygen atoms in total. The average Bonchev–Trinajstić information content (AvgIpc) is 2.77. The van der Waals surface area contributed by atoms with Crippen LogP contribution in [-0.4, -0.2) is 34.1 Å². The fourth-order valence-electron chi connectivity index (χ4n) is 3.01. The standard InChI is InChI=1S/C14H18ClN3S/c1-2-17-8-4-5-10(9-17)18-12-7-3-6-11(15)13(12)16-14(18)19/h3,6-7,10H,2,4-5,8-9H2,1H3,(H,16,19). The zero-order chi connectivity index (χ0) is 13.4. The van der Waals surface area contributed by atoms with Crippen molar-refractivity contribution in [3.63, 3.8) is 0 Å². The lowest BCUT2D eigenvalue weighted by atomic mass is 10.1. The largest absolute Gasteiger partial charge is 0.329 e. The van der Waals surface area contributed by atoms with E-state index in [1.807, 2.05) is 12.1 Å². The van der Waals surface area contributed by atoms with Gasteiger partial charge in [0.05, 0.1) is 16.1 Å². The summed E-state index contributed by atoms with van der Waals surface area (Å²) in [6.45, 7) is 5.59. The molecule has 0 spiro atoms. The summed E-state index contributed by atoms with van der Waals surface area (Å²) in [6.07, 6.45) is 2.41. The van der Waals surface area contributed by atoms with E-state index < -0.39 is 0 Å². The maximum Gasteiger partial charge on any atom is 0.178 e. The molecule has 1 saturated heterocycles. The third-order valence-electron chi connectivity index (χ3n) is 3.99. The Morgan fingerprint density at radius 1 is 1.47 bits per heavy atom. The van der Waals surface area contributed by atoms with E-state index in [1.165, 1.54) is 19.4 Å². The number of hydrogen-bond acceptors (Lipinski definition) is 2. The zero-order valence-corrected chi connectivity index (χ0v) is 12.6. The number of halogens is 1. The Morgan fingerprint density at radius 2 is 2.32 bits per heavy atom. The Hall–Kier alpha value is -0.840. The summed E-state index contributed by atoms with van der Waals surface area (Å²) < 4.78 is 3.03. The second kappa shape index (κ2) is 5.27. The maximum absolute atomic E-state index is 6.24. The number of likely N-dealkylation sites (N-methyl/N-ethyl adjacent to an activating group) is 1. The van der Waals surface area contributed by atoms with Crippen LogP contribution in [0.4, 0.5) is 0 Å². The van der Waals surface area contributed by atoms with Gasteiger partial charge in [-0.2, -0.15) is 0 Å². The molecule has 1 aromatic heterocycles. The van der Waals surface area contributed by atoms with Crippen LogP contribution >= 0.6 is 23.8 Å². The van der Waals surface area contributed by atoms with Gasteiger partial charge >= 0.3 is 0 Å². The lowest BCUT2D eigenvalue weighted by molar-refractivity contribution is 0.187. The molecule has 19 heavy (non-hydrogen) atoms. The van der Waals surface area contributed by atoms with Gasteiger partial charge in [0.15, 0.2) is 4.77 Å². The molecule has 0 bridgehead atoms. The van der Waals surface area contributed by atoms with Crippen molar-refractivity contribution in [2.45, 2.75) is 25.8 Å². The summed E-state index contributed by atoms with van der Waals surface area (Å²) >= 11 is 11.7. The zero-order valence-electron chi connectivity index (χ0n) is 11.0. The third kappa shape index (κ3) is 2.33. The number of fused-ring (bicyclic) bond motifs is 1. The second-order valence-electron chi connectivity index (χ2n) is 5.12. The Balaban J connectivity index is 2.07. The van der Waals surface area contributed by atoms with Crippen LogP contribution in [0.1, 0.15) is 25.8 Å². The molecule has 0 aliphatic carbocycles. The normalized spacial score (nSPS) is 21.1. The van der Waals surface area contributed by atoms with Crippen LogP contribution in [0.2, 0.25) is 5.02 Å².